The second-order valence-corrected chi connectivity index (χ2v) is 11.1. The highest BCUT2D eigenvalue weighted by atomic mass is 16.6. The first-order valence-corrected chi connectivity index (χ1v) is 14.5. The molecule has 1 unspecified atom stereocenters. The summed E-state index contributed by atoms with van der Waals surface area (Å²) in [5.41, 5.74) is 1.23. The number of esters is 3. The number of nitrogens with zero attached hydrogens (tertiary/aromatic N) is 1. The molecule has 3 N–H and O–H groups in total. The lowest BCUT2D eigenvalue weighted by molar-refractivity contribution is -0.159. The number of aliphatic hydroxyl groups excluding tert-OH is 3. The fourth-order valence-electron chi connectivity index (χ4n) is 5.43. The predicted molar refractivity (Wildman–Crippen MR) is 149 cm³/mol. The molecule has 1 aromatic heterocycles. The van der Waals surface area contributed by atoms with Crippen LogP contribution in [-0.4, -0.2) is 75.8 Å². The Kier molecular flexibility index (Phi) is 12.5. The molecule has 0 radical (unpaired) electrons. The van der Waals surface area contributed by atoms with Gasteiger partial charge >= 0.3 is 17.9 Å². The van der Waals surface area contributed by atoms with E-state index in [1.165, 1.54) is 12.4 Å². The second kappa shape index (κ2) is 15.8. The first-order valence-electron chi connectivity index (χ1n) is 14.5. The van der Waals surface area contributed by atoms with Gasteiger partial charge in [-0.1, -0.05) is 39.0 Å². The van der Waals surface area contributed by atoms with Crippen LogP contribution >= 0.6 is 0 Å². The SMILES string of the molecule is CC[C@H](C)C(=O)O[C@H]1C[C@H](O)C=C2C=C[C@H](C)[C@H](CC[C@@H](O)C[C@@H](O)CC(=O)OCCOC(=O)c3cccnc3)C21. The first kappa shape index (κ1) is 32.4. The largest absolute Gasteiger partial charge is 0.462 e. The summed E-state index contributed by atoms with van der Waals surface area (Å²) in [6, 6.07) is 3.17. The predicted octanol–water partition coefficient (Wildman–Crippen LogP) is 3.15. The summed E-state index contributed by atoms with van der Waals surface area (Å²) in [4.78, 5) is 40.4. The van der Waals surface area contributed by atoms with Gasteiger partial charge in [0.25, 0.3) is 0 Å². The molecule has 0 saturated heterocycles. The maximum Gasteiger partial charge on any atom is 0.339 e. The minimum Gasteiger partial charge on any atom is -0.462 e. The van der Waals surface area contributed by atoms with Gasteiger partial charge < -0.3 is 29.5 Å². The lowest BCUT2D eigenvalue weighted by Crippen LogP contribution is -2.43. The van der Waals surface area contributed by atoms with E-state index in [0.717, 1.165) is 5.57 Å². The van der Waals surface area contributed by atoms with E-state index in [2.05, 4.69) is 18.0 Å². The number of hydrogen-bond acceptors (Lipinski definition) is 10. The molecule has 2 aliphatic carbocycles. The van der Waals surface area contributed by atoms with Gasteiger partial charge in [0.05, 0.1) is 36.2 Å². The van der Waals surface area contributed by atoms with E-state index in [1.54, 1.807) is 12.1 Å². The Balaban J connectivity index is 1.44. The summed E-state index contributed by atoms with van der Waals surface area (Å²) >= 11 is 0. The van der Waals surface area contributed by atoms with Crippen LogP contribution < -0.4 is 0 Å². The topological polar surface area (TPSA) is 152 Å². The number of allylic oxidation sites excluding steroid dienone is 2. The molecule has 3 rings (SSSR count). The smallest absolute Gasteiger partial charge is 0.339 e. The molecular formula is C31H43NO9. The lowest BCUT2D eigenvalue weighted by Gasteiger charge is -2.43. The molecule has 226 valence electrons. The van der Waals surface area contributed by atoms with E-state index in [9.17, 15) is 29.7 Å². The van der Waals surface area contributed by atoms with Gasteiger partial charge in [-0.15, -0.1) is 0 Å². The molecule has 41 heavy (non-hydrogen) atoms. The highest BCUT2D eigenvalue weighted by Gasteiger charge is 2.42. The highest BCUT2D eigenvalue weighted by molar-refractivity contribution is 5.88. The van der Waals surface area contributed by atoms with Crippen molar-refractivity contribution in [3.05, 3.63) is 53.9 Å². The molecule has 8 atom stereocenters. The van der Waals surface area contributed by atoms with Crippen LogP contribution in [0.1, 0.15) is 69.7 Å². The van der Waals surface area contributed by atoms with E-state index in [1.807, 2.05) is 26.0 Å². The van der Waals surface area contributed by atoms with Gasteiger partial charge in [0, 0.05) is 24.7 Å². The number of hydrogen-bond donors (Lipinski definition) is 3. The number of carbonyl (C=O) groups is 3. The average molecular weight is 574 g/mol. The third-order valence-electron chi connectivity index (χ3n) is 7.91. The van der Waals surface area contributed by atoms with Crippen molar-refractivity contribution < 1.29 is 43.9 Å². The fraction of sp³-hybridized carbons (Fsp3) is 0.613. The van der Waals surface area contributed by atoms with Crippen molar-refractivity contribution in [2.45, 2.75) is 83.7 Å². The second-order valence-electron chi connectivity index (χ2n) is 11.1. The fourth-order valence-corrected chi connectivity index (χ4v) is 5.43. The lowest BCUT2D eigenvalue weighted by atomic mass is 9.66. The zero-order chi connectivity index (χ0) is 29.9. The minimum absolute atomic E-state index is 0.000535. The van der Waals surface area contributed by atoms with Crippen LogP contribution in [0.5, 0.6) is 0 Å². The molecule has 1 heterocycles. The number of aromatic nitrogens is 1. The molecule has 0 bridgehead atoms. The molecular weight excluding hydrogens is 530 g/mol. The summed E-state index contributed by atoms with van der Waals surface area (Å²) < 4.78 is 16.0. The van der Waals surface area contributed by atoms with Gasteiger partial charge in [-0.2, -0.15) is 0 Å². The normalized spacial score (nSPS) is 25.7. The van der Waals surface area contributed by atoms with E-state index in [-0.39, 0.29) is 61.3 Å². The van der Waals surface area contributed by atoms with Gasteiger partial charge in [0.2, 0.25) is 0 Å². The molecule has 10 nitrogen and oxygen atoms in total. The number of aliphatic hydroxyl groups is 3. The molecule has 0 aromatic carbocycles. The van der Waals surface area contributed by atoms with E-state index in [4.69, 9.17) is 14.2 Å². The molecule has 0 fully saturated rings. The Morgan fingerprint density at radius 1 is 1.15 bits per heavy atom. The van der Waals surface area contributed by atoms with Gasteiger partial charge in [-0.25, -0.2) is 4.79 Å². The van der Waals surface area contributed by atoms with Crippen LogP contribution in [0.2, 0.25) is 0 Å². The maximum absolute atomic E-state index is 12.6. The molecule has 10 heteroatoms. The van der Waals surface area contributed by atoms with Crippen LogP contribution in [0.25, 0.3) is 0 Å². The Hall–Kier alpha value is -3.08. The number of fused-ring (bicyclic) bond motifs is 1. The summed E-state index contributed by atoms with van der Waals surface area (Å²) in [7, 11) is 0. The molecule has 0 saturated carbocycles. The van der Waals surface area contributed by atoms with Crippen LogP contribution in [0.4, 0.5) is 0 Å². The zero-order valence-corrected chi connectivity index (χ0v) is 24.1. The number of carbonyl (C=O) groups excluding carboxylic acids is 3. The Bertz CT molecular complexity index is 1070. The zero-order valence-electron chi connectivity index (χ0n) is 24.1. The van der Waals surface area contributed by atoms with Crippen LogP contribution in [0.15, 0.2) is 48.3 Å². The van der Waals surface area contributed by atoms with Crippen LogP contribution in [0.3, 0.4) is 0 Å². The van der Waals surface area contributed by atoms with E-state index in [0.29, 0.717) is 25.7 Å². The Morgan fingerprint density at radius 3 is 2.61 bits per heavy atom. The number of rotatable bonds is 14. The van der Waals surface area contributed by atoms with Crippen LogP contribution in [0, 0.1) is 23.7 Å². The number of ether oxygens (including phenoxy) is 3. The minimum atomic E-state index is -1.09. The summed E-state index contributed by atoms with van der Waals surface area (Å²) in [6.07, 6.45) is 7.41. The van der Waals surface area contributed by atoms with Gasteiger partial charge in [-0.05, 0) is 55.2 Å². The third kappa shape index (κ3) is 9.76. The molecule has 0 spiro atoms. The van der Waals surface area contributed by atoms with Crippen molar-refractivity contribution in [2.75, 3.05) is 13.2 Å². The quantitative estimate of drug-likeness (QED) is 0.172. The summed E-state index contributed by atoms with van der Waals surface area (Å²) in [5.74, 6) is -1.59. The van der Waals surface area contributed by atoms with Gasteiger partial charge in [-0.3, -0.25) is 14.6 Å². The molecule has 0 amide bonds. The molecule has 1 aromatic rings. The monoisotopic (exact) mass is 573 g/mol. The highest BCUT2D eigenvalue weighted by Crippen LogP contribution is 2.44. The Morgan fingerprint density at radius 2 is 1.90 bits per heavy atom. The van der Waals surface area contributed by atoms with Crippen molar-refractivity contribution in [2.24, 2.45) is 23.7 Å². The number of pyridine rings is 1. The van der Waals surface area contributed by atoms with Crippen molar-refractivity contribution in [3.63, 3.8) is 0 Å². The van der Waals surface area contributed by atoms with Crippen LogP contribution in [-0.2, 0) is 23.8 Å². The first-order chi connectivity index (χ1) is 19.6. The van der Waals surface area contributed by atoms with Gasteiger partial charge in [0.15, 0.2) is 0 Å². The molecule has 0 aliphatic heterocycles. The summed E-state index contributed by atoms with van der Waals surface area (Å²) in [5, 5.41) is 31.4. The third-order valence-corrected chi connectivity index (χ3v) is 7.91. The van der Waals surface area contributed by atoms with E-state index < -0.39 is 36.4 Å². The maximum atomic E-state index is 12.6. The summed E-state index contributed by atoms with van der Waals surface area (Å²) in [6.45, 7) is 5.56. The van der Waals surface area contributed by atoms with Crippen molar-refractivity contribution in [1.82, 2.24) is 4.98 Å². The van der Waals surface area contributed by atoms with Crippen molar-refractivity contribution >= 4 is 17.9 Å². The standard InChI is InChI=1S/C31H43NO9/c1-4-19(2)30(37)41-27-16-24(34)14-21-8-7-20(3)26(29(21)27)10-9-23(33)15-25(35)17-28(36)39-12-13-40-31(38)22-6-5-11-32-18-22/h5-8,11,14,18-20,23-27,29,33-35H,4,9-10,12-13,15-17H2,1-3H3/t19-,20-,23+,24+,25+,26-,27-,29?/m0/s1. The Labute approximate surface area is 241 Å². The van der Waals surface area contributed by atoms with Crippen molar-refractivity contribution in [3.8, 4) is 0 Å². The molecule has 2 aliphatic rings. The van der Waals surface area contributed by atoms with Gasteiger partial charge in [0.1, 0.15) is 19.3 Å². The van der Waals surface area contributed by atoms with E-state index >= 15 is 0 Å². The van der Waals surface area contributed by atoms with Crippen molar-refractivity contribution in [1.29, 1.82) is 0 Å². The average Bonchev–Trinajstić information content (AvgIpc) is 2.94.